The molecule has 4 heterocycles. The van der Waals surface area contributed by atoms with Gasteiger partial charge in [-0.1, -0.05) is 13.8 Å². The highest BCUT2D eigenvalue weighted by Crippen LogP contribution is 2.22. The van der Waals surface area contributed by atoms with E-state index in [0.29, 0.717) is 25.0 Å². The number of aliphatic hydroxyl groups is 1. The summed E-state index contributed by atoms with van der Waals surface area (Å²) in [5.41, 5.74) is 3.52. The van der Waals surface area contributed by atoms with E-state index in [1.807, 2.05) is 24.5 Å². The smallest absolute Gasteiger partial charge is 0.223 e. The number of aliphatic hydroxyl groups excluding tert-OH is 1. The number of nitrogens with one attached hydrogen (secondary N) is 2. The van der Waals surface area contributed by atoms with Crippen LogP contribution in [0.1, 0.15) is 31.7 Å². The van der Waals surface area contributed by atoms with Crippen molar-refractivity contribution in [3.05, 3.63) is 36.3 Å². The molecule has 3 aromatic rings. The van der Waals surface area contributed by atoms with E-state index in [1.54, 1.807) is 10.7 Å². The van der Waals surface area contributed by atoms with E-state index in [2.05, 4.69) is 39.5 Å². The molecule has 1 fully saturated rings. The normalized spacial score (nSPS) is 20.3. The first kappa shape index (κ1) is 17.8. The number of β-amino-alcohol motifs (C(OH)–C–C–N with tert-alkyl or cyclic N) is 1. The first-order valence-electron chi connectivity index (χ1n) is 9.42. The summed E-state index contributed by atoms with van der Waals surface area (Å²) < 4.78 is 1.79. The Morgan fingerprint density at radius 1 is 1.30 bits per heavy atom. The van der Waals surface area contributed by atoms with Crippen molar-refractivity contribution in [1.29, 1.82) is 0 Å². The number of piperidine rings is 1. The van der Waals surface area contributed by atoms with Crippen molar-refractivity contribution in [2.45, 2.75) is 32.3 Å². The van der Waals surface area contributed by atoms with E-state index in [0.717, 1.165) is 35.6 Å². The van der Waals surface area contributed by atoms with Gasteiger partial charge in [0.1, 0.15) is 0 Å². The molecule has 142 valence electrons. The Balaban J connectivity index is 1.55. The number of anilines is 1. The molecule has 1 aliphatic heterocycles. The summed E-state index contributed by atoms with van der Waals surface area (Å²) in [5.74, 6) is 1.11. The summed E-state index contributed by atoms with van der Waals surface area (Å²) >= 11 is 0. The molecule has 0 amide bonds. The van der Waals surface area contributed by atoms with E-state index in [-0.39, 0.29) is 12.0 Å². The van der Waals surface area contributed by atoms with Gasteiger partial charge in [0.15, 0.2) is 5.65 Å². The Bertz CT molecular complexity index is 923. The van der Waals surface area contributed by atoms with Gasteiger partial charge in [-0.05, 0) is 31.0 Å². The van der Waals surface area contributed by atoms with Crippen LogP contribution in [0.25, 0.3) is 17.0 Å². The van der Waals surface area contributed by atoms with Gasteiger partial charge in [-0.15, -0.1) is 0 Å². The standard InChI is InChI=1S/C19H25N7O/c1-12(2)14-10-23-26-8-5-16(24-18(14)26)15-4-7-21-19(25-15)22-9-13-3-6-20-11-17(13)27/h4-5,7-8,10,12-13,17,20,27H,3,6,9,11H2,1-2H3,(H,21,22,25). The molecule has 4 rings (SSSR count). The van der Waals surface area contributed by atoms with Gasteiger partial charge < -0.3 is 15.7 Å². The third-order valence-corrected chi connectivity index (χ3v) is 5.05. The van der Waals surface area contributed by atoms with Crippen LogP contribution in [0.3, 0.4) is 0 Å². The number of hydrogen-bond donors (Lipinski definition) is 3. The summed E-state index contributed by atoms with van der Waals surface area (Å²) in [7, 11) is 0. The summed E-state index contributed by atoms with van der Waals surface area (Å²) in [4.78, 5) is 13.7. The highest BCUT2D eigenvalue weighted by molar-refractivity contribution is 5.60. The van der Waals surface area contributed by atoms with Gasteiger partial charge in [0.05, 0.1) is 23.7 Å². The highest BCUT2D eigenvalue weighted by atomic mass is 16.3. The van der Waals surface area contributed by atoms with Gasteiger partial charge in [0.2, 0.25) is 5.95 Å². The minimum atomic E-state index is -0.338. The molecule has 2 atom stereocenters. The van der Waals surface area contributed by atoms with Crippen LogP contribution in [0.5, 0.6) is 0 Å². The van der Waals surface area contributed by atoms with Gasteiger partial charge in [0, 0.05) is 37.0 Å². The van der Waals surface area contributed by atoms with Gasteiger partial charge in [-0.3, -0.25) is 0 Å². The van der Waals surface area contributed by atoms with Gasteiger partial charge in [-0.25, -0.2) is 19.5 Å². The van der Waals surface area contributed by atoms with Crippen LogP contribution in [-0.4, -0.2) is 55.4 Å². The zero-order valence-corrected chi connectivity index (χ0v) is 15.6. The molecular formula is C19H25N7O. The van der Waals surface area contributed by atoms with Gasteiger partial charge in [-0.2, -0.15) is 5.10 Å². The van der Waals surface area contributed by atoms with Gasteiger partial charge in [0.25, 0.3) is 0 Å². The van der Waals surface area contributed by atoms with E-state index < -0.39 is 0 Å². The molecule has 8 heteroatoms. The van der Waals surface area contributed by atoms with Crippen LogP contribution >= 0.6 is 0 Å². The number of nitrogens with zero attached hydrogens (tertiary/aromatic N) is 5. The highest BCUT2D eigenvalue weighted by Gasteiger charge is 2.22. The lowest BCUT2D eigenvalue weighted by Crippen LogP contribution is -2.43. The molecule has 3 N–H and O–H groups in total. The van der Waals surface area contributed by atoms with Crippen LogP contribution in [0.15, 0.2) is 30.7 Å². The lowest BCUT2D eigenvalue weighted by atomic mass is 9.95. The average molecular weight is 367 g/mol. The van der Waals surface area contributed by atoms with Crippen molar-refractivity contribution in [1.82, 2.24) is 29.9 Å². The van der Waals surface area contributed by atoms with Crippen LogP contribution in [0.4, 0.5) is 5.95 Å². The third-order valence-electron chi connectivity index (χ3n) is 5.05. The molecule has 3 aromatic heterocycles. The molecule has 0 bridgehead atoms. The minimum Gasteiger partial charge on any atom is -0.391 e. The SMILES string of the molecule is CC(C)c1cnn2ccc(-c3ccnc(NCC4CCNCC4O)n3)nc12. The molecule has 27 heavy (non-hydrogen) atoms. The largest absolute Gasteiger partial charge is 0.391 e. The fourth-order valence-electron chi connectivity index (χ4n) is 3.38. The Labute approximate surface area is 158 Å². The topological polar surface area (TPSA) is 100 Å². The number of hydrogen-bond acceptors (Lipinski definition) is 7. The number of aromatic nitrogens is 5. The Hall–Kier alpha value is -2.58. The molecule has 0 spiro atoms. The van der Waals surface area contributed by atoms with Crippen LogP contribution < -0.4 is 10.6 Å². The summed E-state index contributed by atoms with van der Waals surface area (Å²) in [6.45, 7) is 6.48. The van der Waals surface area contributed by atoms with Crippen LogP contribution in [0, 0.1) is 5.92 Å². The number of rotatable bonds is 5. The van der Waals surface area contributed by atoms with Crippen molar-refractivity contribution in [3.63, 3.8) is 0 Å². The average Bonchev–Trinajstić information content (AvgIpc) is 3.11. The zero-order chi connectivity index (χ0) is 18.8. The molecule has 0 aliphatic carbocycles. The first-order chi connectivity index (χ1) is 13.1. The fraction of sp³-hybridized carbons (Fsp3) is 0.474. The van der Waals surface area contributed by atoms with E-state index in [9.17, 15) is 5.11 Å². The maximum absolute atomic E-state index is 10.1. The summed E-state index contributed by atoms with van der Waals surface area (Å²) in [5, 5.41) is 20.9. The molecule has 0 radical (unpaired) electrons. The molecule has 1 aliphatic rings. The summed E-state index contributed by atoms with van der Waals surface area (Å²) in [6.07, 6.45) is 6.10. The lowest BCUT2D eigenvalue weighted by molar-refractivity contribution is 0.0883. The van der Waals surface area contributed by atoms with Crippen molar-refractivity contribution in [2.75, 3.05) is 25.0 Å². The molecule has 8 nitrogen and oxygen atoms in total. The lowest BCUT2D eigenvalue weighted by Gasteiger charge is -2.28. The Morgan fingerprint density at radius 2 is 2.15 bits per heavy atom. The third kappa shape index (κ3) is 3.77. The van der Waals surface area contributed by atoms with Crippen molar-refractivity contribution >= 4 is 11.6 Å². The van der Waals surface area contributed by atoms with Crippen molar-refractivity contribution in [3.8, 4) is 11.4 Å². The predicted molar refractivity (Wildman–Crippen MR) is 104 cm³/mol. The van der Waals surface area contributed by atoms with E-state index >= 15 is 0 Å². The first-order valence-corrected chi connectivity index (χ1v) is 9.42. The fourth-order valence-corrected chi connectivity index (χ4v) is 3.38. The second kappa shape index (κ2) is 7.58. The summed E-state index contributed by atoms with van der Waals surface area (Å²) in [6, 6.07) is 3.77. The zero-order valence-electron chi connectivity index (χ0n) is 15.6. The molecule has 0 saturated carbocycles. The predicted octanol–water partition coefficient (Wildman–Crippen LogP) is 1.69. The monoisotopic (exact) mass is 367 g/mol. The van der Waals surface area contributed by atoms with Crippen LogP contribution in [-0.2, 0) is 0 Å². The molecular weight excluding hydrogens is 342 g/mol. The molecule has 2 unspecified atom stereocenters. The van der Waals surface area contributed by atoms with Gasteiger partial charge >= 0.3 is 0 Å². The minimum absolute atomic E-state index is 0.202. The van der Waals surface area contributed by atoms with Crippen LogP contribution in [0.2, 0.25) is 0 Å². The van der Waals surface area contributed by atoms with E-state index in [1.165, 1.54) is 0 Å². The van der Waals surface area contributed by atoms with Crippen molar-refractivity contribution < 1.29 is 5.11 Å². The molecule has 0 aromatic carbocycles. The maximum atomic E-state index is 10.1. The number of fused-ring (bicyclic) bond motifs is 1. The molecule has 1 saturated heterocycles. The quantitative estimate of drug-likeness (QED) is 0.631. The van der Waals surface area contributed by atoms with Crippen molar-refractivity contribution in [2.24, 2.45) is 5.92 Å². The second-order valence-corrected chi connectivity index (χ2v) is 7.30. The Kier molecular flexibility index (Phi) is 5.00. The maximum Gasteiger partial charge on any atom is 0.223 e. The Morgan fingerprint density at radius 3 is 2.96 bits per heavy atom. The second-order valence-electron chi connectivity index (χ2n) is 7.30. The van der Waals surface area contributed by atoms with E-state index in [4.69, 9.17) is 4.98 Å².